The van der Waals surface area contributed by atoms with Gasteiger partial charge in [0.2, 0.25) is 0 Å². The van der Waals surface area contributed by atoms with Crippen LogP contribution in [0.5, 0.6) is 0 Å². The molecule has 0 spiro atoms. The summed E-state index contributed by atoms with van der Waals surface area (Å²) in [5, 5.41) is 6.35. The number of rotatable bonds is 4. The maximum Gasteiger partial charge on any atom is 0.282 e. The molecule has 1 aromatic carbocycles. The smallest absolute Gasteiger partial charge is 0.282 e. The Balaban J connectivity index is 1.95. The number of anilines is 1. The lowest BCUT2D eigenvalue weighted by atomic mass is 10.0. The van der Waals surface area contributed by atoms with Crippen molar-refractivity contribution in [3.8, 4) is 11.1 Å². The molecule has 0 bridgehead atoms. The van der Waals surface area contributed by atoms with Crippen LogP contribution in [0.4, 0.5) is 14.5 Å². The Morgan fingerprint density at radius 3 is 2.76 bits per heavy atom. The monoisotopic (exact) mass is 406 g/mol. The number of para-hydroxylation sites is 1. The van der Waals surface area contributed by atoms with Crippen LogP contribution in [0.25, 0.3) is 11.1 Å². The van der Waals surface area contributed by atoms with Crippen molar-refractivity contribution in [2.24, 2.45) is 7.05 Å². The number of nitrogens with one attached hydrogen (secondary N) is 1. The van der Waals surface area contributed by atoms with Crippen molar-refractivity contribution in [2.45, 2.75) is 6.43 Å². The zero-order valence-electron chi connectivity index (χ0n) is 13.1. The molecule has 0 unspecified atom stereocenters. The molecule has 5 nitrogen and oxygen atoms in total. The lowest BCUT2D eigenvalue weighted by Crippen LogP contribution is -2.14. The maximum absolute atomic E-state index is 13.1. The number of hydrogen-bond acceptors (Lipinski definition) is 3. The third kappa shape index (κ3) is 3.74. The highest BCUT2D eigenvalue weighted by Crippen LogP contribution is 2.30. The average molecular weight is 407 g/mol. The van der Waals surface area contributed by atoms with Crippen molar-refractivity contribution < 1.29 is 13.6 Å². The fraction of sp³-hybridized carbons (Fsp3) is 0.118. The highest BCUT2D eigenvalue weighted by Gasteiger charge is 2.23. The van der Waals surface area contributed by atoms with E-state index in [4.69, 9.17) is 0 Å². The molecule has 0 aliphatic carbocycles. The van der Waals surface area contributed by atoms with E-state index in [2.05, 4.69) is 31.3 Å². The van der Waals surface area contributed by atoms with E-state index in [0.717, 1.165) is 11.1 Å². The third-order valence-corrected chi connectivity index (χ3v) is 3.96. The van der Waals surface area contributed by atoms with Gasteiger partial charge in [-0.2, -0.15) is 5.10 Å². The standard InChI is InChI=1S/C17H13BrF2N4O/c1-24-9-12(15(23-24)16(19)20)17(25)22-13-5-3-2-4-11(13)10-6-7-21-14(18)8-10/h2-9,16H,1H3,(H,22,25). The Bertz CT molecular complexity index is 927. The van der Waals surface area contributed by atoms with Gasteiger partial charge in [0.1, 0.15) is 10.3 Å². The highest BCUT2D eigenvalue weighted by molar-refractivity contribution is 9.10. The number of nitrogens with zero attached hydrogens (tertiary/aromatic N) is 3. The zero-order chi connectivity index (χ0) is 18.0. The lowest BCUT2D eigenvalue weighted by Gasteiger charge is -2.11. The van der Waals surface area contributed by atoms with Crippen LogP contribution in [0.3, 0.4) is 0 Å². The highest BCUT2D eigenvalue weighted by atomic mass is 79.9. The number of alkyl halides is 2. The van der Waals surface area contributed by atoms with Crippen LogP contribution in [0.15, 0.2) is 53.4 Å². The summed E-state index contributed by atoms with van der Waals surface area (Å²) in [6.07, 6.45) is 0.0876. The number of aromatic nitrogens is 3. The summed E-state index contributed by atoms with van der Waals surface area (Å²) < 4.78 is 28.0. The Morgan fingerprint density at radius 2 is 2.04 bits per heavy atom. The number of pyridine rings is 1. The topological polar surface area (TPSA) is 59.8 Å². The van der Waals surface area contributed by atoms with Gasteiger partial charge in [0.05, 0.1) is 5.56 Å². The molecule has 0 aliphatic rings. The first-order valence-electron chi connectivity index (χ1n) is 7.29. The van der Waals surface area contributed by atoms with Crippen molar-refractivity contribution in [2.75, 3.05) is 5.32 Å². The summed E-state index contributed by atoms with van der Waals surface area (Å²) >= 11 is 3.31. The fourth-order valence-corrected chi connectivity index (χ4v) is 2.81. The number of benzene rings is 1. The van der Waals surface area contributed by atoms with Gasteiger partial charge in [0.15, 0.2) is 0 Å². The quantitative estimate of drug-likeness (QED) is 0.651. The molecule has 2 heterocycles. The third-order valence-electron chi connectivity index (χ3n) is 3.52. The summed E-state index contributed by atoms with van der Waals surface area (Å²) in [4.78, 5) is 16.6. The molecule has 2 aromatic heterocycles. The van der Waals surface area contributed by atoms with Crippen LogP contribution in [0.2, 0.25) is 0 Å². The summed E-state index contributed by atoms with van der Waals surface area (Å²) in [7, 11) is 1.49. The molecule has 1 N–H and O–H groups in total. The summed E-state index contributed by atoms with van der Waals surface area (Å²) in [5.74, 6) is -0.635. The summed E-state index contributed by atoms with van der Waals surface area (Å²) in [6.45, 7) is 0. The summed E-state index contributed by atoms with van der Waals surface area (Å²) in [6, 6.07) is 10.7. The van der Waals surface area contributed by atoms with E-state index < -0.39 is 18.0 Å². The molecule has 0 aliphatic heterocycles. The number of hydrogen-bond donors (Lipinski definition) is 1. The Hall–Kier alpha value is -2.61. The number of halogens is 3. The second-order valence-corrected chi connectivity index (χ2v) is 6.08. The molecular formula is C17H13BrF2N4O. The van der Waals surface area contributed by atoms with E-state index in [1.165, 1.54) is 17.9 Å². The number of carbonyl (C=O) groups is 1. The molecule has 0 radical (unpaired) electrons. The largest absolute Gasteiger partial charge is 0.321 e. The molecule has 128 valence electrons. The van der Waals surface area contributed by atoms with Crippen molar-refractivity contribution >= 4 is 27.5 Å². The minimum atomic E-state index is -2.83. The first-order chi connectivity index (χ1) is 12.0. The zero-order valence-corrected chi connectivity index (χ0v) is 14.7. The van der Waals surface area contributed by atoms with E-state index in [0.29, 0.717) is 10.3 Å². The van der Waals surface area contributed by atoms with Crippen LogP contribution < -0.4 is 5.32 Å². The Kier molecular flexibility index (Phi) is 4.89. The van der Waals surface area contributed by atoms with Gasteiger partial charge in [-0.05, 0) is 39.7 Å². The van der Waals surface area contributed by atoms with Gasteiger partial charge in [0.25, 0.3) is 12.3 Å². The van der Waals surface area contributed by atoms with Gasteiger partial charge in [-0.25, -0.2) is 13.8 Å². The lowest BCUT2D eigenvalue weighted by molar-refractivity contribution is 0.101. The van der Waals surface area contributed by atoms with Gasteiger partial charge in [-0.3, -0.25) is 9.48 Å². The van der Waals surface area contributed by atoms with Gasteiger partial charge >= 0.3 is 0 Å². The maximum atomic E-state index is 13.1. The average Bonchev–Trinajstić information content (AvgIpc) is 2.98. The second-order valence-electron chi connectivity index (χ2n) is 5.27. The molecule has 3 rings (SSSR count). The van der Waals surface area contributed by atoms with Crippen LogP contribution in [-0.4, -0.2) is 20.7 Å². The molecule has 8 heteroatoms. The predicted molar refractivity (Wildman–Crippen MR) is 93.5 cm³/mol. The molecule has 0 saturated carbocycles. The normalized spacial score (nSPS) is 10.9. The van der Waals surface area contributed by atoms with Crippen LogP contribution in [-0.2, 0) is 7.05 Å². The van der Waals surface area contributed by atoms with Gasteiger partial charge in [-0.15, -0.1) is 0 Å². The van der Waals surface area contributed by atoms with Gasteiger partial charge in [0, 0.05) is 30.7 Å². The summed E-state index contributed by atoms with van der Waals surface area (Å²) in [5.41, 5.74) is 1.40. The minimum Gasteiger partial charge on any atom is -0.321 e. The van der Waals surface area contributed by atoms with Crippen molar-refractivity contribution in [3.05, 3.63) is 64.7 Å². The molecular weight excluding hydrogens is 394 g/mol. The predicted octanol–water partition coefficient (Wildman–Crippen LogP) is 4.43. The van der Waals surface area contributed by atoms with E-state index in [-0.39, 0.29) is 5.56 Å². The van der Waals surface area contributed by atoms with E-state index in [1.807, 2.05) is 12.1 Å². The van der Waals surface area contributed by atoms with Gasteiger partial charge < -0.3 is 5.32 Å². The van der Waals surface area contributed by atoms with E-state index in [9.17, 15) is 13.6 Å². The molecule has 25 heavy (non-hydrogen) atoms. The molecule has 1 amide bonds. The van der Waals surface area contributed by atoms with Crippen LogP contribution in [0.1, 0.15) is 22.5 Å². The number of amides is 1. The first-order valence-corrected chi connectivity index (χ1v) is 8.09. The van der Waals surface area contributed by atoms with Crippen molar-refractivity contribution in [3.63, 3.8) is 0 Å². The minimum absolute atomic E-state index is 0.150. The molecule has 3 aromatic rings. The number of aryl methyl sites for hydroxylation is 1. The van der Waals surface area contributed by atoms with E-state index in [1.54, 1.807) is 30.5 Å². The number of carbonyl (C=O) groups excluding carboxylic acids is 1. The Morgan fingerprint density at radius 1 is 1.28 bits per heavy atom. The second kappa shape index (κ2) is 7.10. The SMILES string of the molecule is Cn1cc(C(=O)Nc2ccccc2-c2ccnc(Br)c2)c(C(F)F)n1. The van der Waals surface area contributed by atoms with Crippen molar-refractivity contribution in [1.82, 2.24) is 14.8 Å². The molecule has 0 atom stereocenters. The Labute approximate surface area is 150 Å². The van der Waals surface area contributed by atoms with E-state index >= 15 is 0 Å². The molecule has 0 saturated heterocycles. The molecule has 0 fully saturated rings. The van der Waals surface area contributed by atoms with Crippen LogP contribution in [0, 0.1) is 0 Å². The van der Waals surface area contributed by atoms with Crippen molar-refractivity contribution in [1.29, 1.82) is 0 Å². The fourth-order valence-electron chi connectivity index (χ4n) is 2.45. The van der Waals surface area contributed by atoms with Gasteiger partial charge in [-0.1, -0.05) is 18.2 Å². The first kappa shape index (κ1) is 17.2. The van der Waals surface area contributed by atoms with Crippen LogP contribution >= 0.6 is 15.9 Å².